The number of hydrogen-bond donors (Lipinski definition) is 2. The van der Waals surface area contributed by atoms with Crippen LogP contribution in [0.3, 0.4) is 0 Å². The number of piperidine rings is 1. The van der Waals surface area contributed by atoms with E-state index in [1.54, 1.807) is 31.4 Å². The Balaban J connectivity index is 1.49. The highest BCUT2D eigenvalue weighted by molar-refractivity contribution is 6.33. The number of nitrogens with two attached hydrogens (primary N) is 1. The highest BCUT2D eigenvalue weighted by Crippen LogP contribution is 2.31. The van der Waals surface area contributed by atoms with Crippen LogP contribution in [0.5, 0.6) is 5.75 Å². The second-order valence-corrected chi connectivity index (χ2v) is 9.15. The van der Waals surface area contributed by atoms with E-state index < -0.39 is 0 Å². The van der Waals surface area contributed by atoms with Crippen LogP contribution in [-0.4, -0.2) is 56.2 Å². The molecule has 1 aromatic rings. The van der Waals surface area contributed by atoms with E-state index in [0.717, 1.165) is 12.3 Å². The van der Waals surface area contributed by atoms with Crippen molar-refractivity contribution in [3.8, 4) is 5.75 Å². The van der Waals surface area contributed by atoms with Gasteiger partial charge in [-0.3, -0.25) is 10.2 Å². The van der Waals surface area contributed by atoms with Crippen molar-refractivity contribution in [3.05, 3.63) is 22.7 Å². The molecule has 2 aliphatic rings. The number of anilines is 1. The lowest BCUT2D eigenvalue weighted by atomic mass is 9.87. The Morgan fingerprint density at radius 3 is 2.47 bits per heavy atom. The minimum absolute atomic E-state index is 0.242. The van der Waals surface area contributed by atoms with Gasteiger partial charge in [0.05, 0.1) is 30.5 Å². The van der Waals surface area contributed by atoms with E-state index in [1.165, 1.54) is 64.6 Å². The van der Waals surface area contributed by atoms with E-state index in [0.29, 0.717) is 34.5 Å². The van der Waals surface area contributed by atoms with Crippen LogP contribution in [-0.2, 0) is 4.84 Å². The number of hydrogen-bond acceptors (Lipinski definition) is 5. The molecular weight excluding hydrogens is 400 g/mol. The van der Waals surface area contributed by atoms with E-state index >= 15 is 0 Å². The van der Waals surface area contributed by atoms with Crippen LogP contribution in [0.25, 0.3) is 0 Å². The van der Waals surface area contributed by atoms with Gasteiger partial charge in [-0.15, -0.1) is 0 Å². The Hall–Kier alpha value is -1.50. The second-order valence-electron chi connectivity index (χ2n) is 8.74. The third-order valence-corrected chi connectivity index (χ3v) is 7.06. The predicted octanol–water partition coefficient (Wildman–Crippen LogP) is 4.80. The van der Waals surface area contributed by atoms with Gasteiger partial charge in [0.2, 0.25) is 0 Å². The van der Waals surface area contributed by atoms with E-state index in [2.05, 4.69) is 4.90 Å². The molecule has 30 heavy (non-hydrogen) atoms. The van der Waals surface area contributed by atoms with Gasteiger partial charge in [-0.05, 0) is 63.1 Å². The molecule has 7 heteroatoms. The Bertz CT molecular complexity index is 701. The average Bonchev–Trinajstić information content (AvgIpc) is 2.77. The summed E-state index contributed by atoms with van der Waals surface area (Å²) in [5.41, 5.74) is 6.89. The zero-order valence-electron chi connectivity index (χ0n) is 18.5. The largest absolute Gasteiger partial charge is 0.496 e. The molecule has 1 aliphatic carbocycles. The number of benzene rings is 1. The molecule has 1 saturated carbocycles. The molecule has 0 spiro atoms. The first kappa shape index (κ1) is 23.2. The van der Waals surface area contributed by atoms with Crippen LogP contribution in [0.4, 0.5) is 5.69 Å². The molecule has 2 fully saturated rings. The van der Waals surface area contributed by atoms with Crippen molar-refractivity contribution in [1.82, 2.24) is 9.96 Å². The van der Waals surface area contributed by atoms with Crippen LogP contribution in [0.2, 0.25) is 5.02 Å². The first-order valence-electron chi connectivity index (χ1n) is 11.3. The van der Waals surface area contributed by atoms with Gasteiger partial charge < -0.3 is 15.4 Å². The highest BCUT2D eigenvalue weighted by Gasteiger charge is 2.24. The van der Waals surface area contributed by atoms with Crippen LogP contribution >= 0.6 is 11.6 Å². The number of halogens is 1. The highest BCUT2D eigenvalue weighted by atomic mass is 35.5. The number of likely N-dealkylation sites (tertiary alicyclic amines) is 1. The zero-order valence-corrected chi connectivity index (χ0v) is 19.2. The summed E-state index contributed by atoms with van der Waals surface area (Å²) in [7, 11) is 3.17. The monoisotopic (exact) mass is 436 g/mol. The Morgan fingerprint density at radius 1 is 1.13 bits per heavy atom. The van der Waals surface area contributed by atoms with Crippen molar-refractivity contribution in [2.75, 3.05) is 46.1 Å². The van der Waals surface area contributed by atoms with Gasteiger partial charge >= 0.3 is 0 Å². The van der Waals surface area contributed by atoms with Gasteiger partial charge in [-0.1, -0.05) is 30.9 Å². The lowest BCUT2D eigenvalue weighted by molar-refractivity contribution is -0.0691. The van der Waals surface area contributed by atoms with Crippen molar-refractivity contribution in [2.45, 2.75) is 51.4 Å². The summed E-state index contributed by atoms with van der Waals surface area (Å²) in [6.07, 6.45) is 10.6. The number of methoxy groups -OCH3 is 1. The van der Waals surface area contributed by atoms with Gasteiger partial charge in [-0.2, -0.15) is 0 Å². The number of nitrogen functional groups attached to an aromatic ring is 1. The Labute approximate surface area is 186 Å². The molecule has 1 saturated heterocycles. The van der Waals surface area contributed by atoms with Crippen molar-refractivity contribution in [1.29, 1.82) is 5.41 Å². The number of amidine groups is 1. The average molecular weight is 437 g/mol. The van der Waals surface area contributed by atoms with Crippen LogP contribution in [0.1, 0.15) is 56.9 Å². The molecule has 1 aromatic carbocycles. The summed E-state index contributed by atoms with van der Waals surface area (Å²) >= 11 is 6.18. The third-order valence-electron chi connectivity index (χ3n) is 6.73. The maximum atomic E-state index is 8.60. The fraction of sp³-hybridized carbons (Fsp3) is 0.696. The number of hydroxylamine groups is 2. The number of rotatable bonds is 8. The Kier molecular flexibility index (Phi) is 8.66. The molecular formula is C23H37ClN4O2. The summed E-state index contributed by atoms with van der Waals surface area (Å²) in [6.45, 7) is 4.37. The topological polar surface area (TPSA) is 74.8 Å². The summed E-state index contributed by atoms with van der Waals surface area (Å²) < 4.78 is 5.40. The zero-order chi connectivity index (χ0) is 21.5. The molecule has 0 unspecified atom stereocenters. The number of ether oxygens (including phenoxy) is 1. The second kappa shape index (κ2) is 11.2. The minimum Gasteiger partial charge on any atom is -0.496 e. The molecule has 1 heterocycles. The quantitative estimate of drug-likeness (QED) is 0.265. The van der Waals surface area contributed by atoms with E-state index in [9.17, 15) is 0 Å². The molecule has 3 rings (SSSR count). The summed E-state index contributed by atoms with van der Waals surface area (Å²) in [4.78, 5) is 8.19. The molecule has 3 N–H and O–H groups in total. The first-order valence-corrected chi connectivity index (χ1v) is 11.7. The van der Waals surface area contributed by atoms with Crippen molar-refractivity contribution >= 4 is 23.1 Å². The van der Waals surface area contributed by atoms with Crippen LogP contribution < -0.4 is 10.5 Å². The van der Waals surface area contributed by atoms with Crippen LogP contribution in [0.15, 0.2) is 12.1 Å². The standard InChI is InChI=1S/C23H37ClN4O2/c1-29-22-15-21(25)20(24)14-19(22)23(26)28(30-2)13-10-17-8-11-27(12-9-17)16-18-6-4-3-5-7-18/h14-15,17-18,26H,3-13,16,25H2,1-2H3. The fourth-order valence-electron chi connectivity index (χ4n) is 4.84. The summed E-state index contributed by atoms with van der Waals surface area (Å²) in [5, 5.41) is 10.6. The number of nitrogens with one attached hydrogen (secondary N) is 1. The van der Waals surface area contributed by atoms with Gasteiger partial charge in [0, 0.05) is 19.2 Å². The van der Waals surface area contributed by atoms with Crippen molar-refractivity contribution in [2.24, 2.45) is 11.8 Å². The molecule has 0 amide bonds. The lowest BCUT2D eigenvalue weighted by Gasteiger charge is -2.36. The van der Waals surface area contributed by atoms with Crippen LogP contribution in [0, 0.1) is 17.2 Å². The molecule has 0 aromatic heterocycles. The summed E-state index contributed by atoms with van der Waals surface area (Å²) in [5.74, 6) is 2.36. The van der Waals surface area contributed by atoms with Gasteiger partial charge in [0.25, 0.3) is 0 Å². The van der Waals surface area contributed by atoms with Gasteiger partial charge in [0.1, 0.15) is 5.75 Å². The lowest BCUT2D eigenvalue weighted by Crippen LogP contribution is -2.39. The maximum Gasteiger partial charge on any atom is 0.156 e. The molecule has 6 nitrogen and oxygen atoms in total. The molecule has 168 valence electrons. The number of nitrogens with zero attached hydrogens (tertiary/aromatic N) is 2. The molecule has 1 aliphatic heterocycles. The van der Waals surface area contributed by atoms with Gasteiger partial charge in [-0.25, -0.2) is 5.06 Å². The van der Waals surface area contributed by atoms with E-state index in [-0.39, 0.29) is 5.84 Å². The first-order chi connectivity index (χ1) is 14.5. The molecule has 0 atom stereocenters. The Morgan fingerprint density at radius 2 is 1.83 bits per heavy atom. The summed E-state index contributed by atoms with van der Waals surface area (Å²) in [6, 6.07) is 3.33. The third kappa shape index (κ3) is 6.02. The maximum absolute atomic E-state index is 8.60. The van der Waals surface area contributed by atoms with Crippen molar-refractivity contribution < 1.29 is 9.57 Å². The fourth-order valence-corrected chi connectivity index (χ4v) is 5.01. The normalized spacial score (nSPS) is 19.0. The van der Waals surface area contributed by atoms with E-state index in [1.807, 2.05) is 0 Å². The SMILES string of the molecule is COc1cc(N)c(Cl)cc1C(=N)N(CCC1CCN(CC2CCCCC2)CC1)OC. The molecule has 0 radical (unpaired) electrons. The molecule has 0 bridgehead atoms. The van der Waals surface area contributed by atoms with E-state index in [4.69, 9.17) is 32.3 Å². The minimum atomic E-state index is 0.242. The van der Waals surface area contributed by atoms with Crippen molar-refractivity contribution in [3.63, 3.8) is 0 Å². The smallest absolute Gasteiger partial charge is 0.156 e. The van der Waals surface area contributed by atoms with Gasteiger partial charge in [0.15, 0.2) is 5.84 Å². The predicted molar refractivity (Wildman–Crippen MR) is 123 cm³/mol.